The second-order valence-electron chi connectivity index (χ2n) is 4.90. The van der Waals surface area contributed by atoms with Crippen LogP contribution in [-0.2, 0) is 7.87 Å². The van der Waals surface area contributed by atoms with E-state index in [1.54, 1.807) is 14.2 Å². The molecule has 2 aromatic carbocycles. The van der Waals surface area contributed by atoms with E-state index < -0.39 is 21.6 Å². The molecule has 0 bridgehead atoms. The van der Waals surface area contributed by atoms with Crippen LogP contribution in [0, 0.1) is 0 Å². The molecule has 0 aliphatic heterocycles. The van der Waals surface area contributed by atoms with Crippen molar-refractivity contribution >= 4 is 27.5 Å². The van der Waals surface area contributed by atoms with E-state index in [9.17, 15) is 4.79 Å². The Morgan fingerprint density at radius 1 is 0.864 bits per heavy atom. The fourth-order valence-corrected chi connectivity index (χ4v) is 6.06. The predicted octanol–water partition coefficient (Wildman–Crippen LogP) is 2.44. The summed E-state index contributed by atoms with van der Waals surface area (Å²) >= 11 is -1.80. The first kappa shape index (κ1) is 16.7. The zero-order chi connectivity index (χ0) is 15.9. The minimum absolute atomic E-state index is 0.183. The van der Waals surface area contributed by atoms with Crippen LogP contribution in [0.15, 0.2) is 48.5 Å². The van der Waals surface area contributed by atoms with Crippen LogP contribution in [0.1, 0.15) is 22.0 Å². The first-order valence-corrected chi connectivity index (χ1v) is 11.0. The normalized spacial score (nSPS) is 10.9. The van der Waals surface area contributed by atoms with Crippen LogP contribution in [0.3, 0.4) is 0 Å². The minimum atomic E-state index is -1.80. The molecule has 0 aliphatic rings. The van der Waals surface area contributed by atoms with Gasteiger partial charge in [-0.1, -0.05) is 0 Å². The Balaban J connectivity index is 2.29. The molecule has 0 radical (unpaired) electrons. The standard InChI is InChI=1S/C15H15O2.C2H4O2.Sn.2H/c1-16-14-7-3-12(4-8-14)11-13-5-9-15(17-2)10-6-13;1-2(3)4;;;/h3-11H,1-2H3;1H3,(H,3,4);;;/q;;+1;;/p-1. The van der Waals surface area contributed by atoms with Crippen LogP contribution in [0.25, 0.3) is 0 Å². The Hall–Kier alpha value is -1.69. The molecule has 0 saturated carbocycles. The summed E-state index contributed by atoms with van der Waals surface area (Å²) < 4.78 is 16.0. The van der Waals surface area contributed by atoms with Gasteiger partial charge in [-0.25, -0.2) is 0 Å². The molecule has 0 aromatic heterocycles. The van der Waals surface area contributed by atoms with Gasteiger partial charge in [0.25, 0.3) is 0 Å². The van der Waals surface area contributed by atoms with Gasteiger partial charge in [-0.05, 0) is 0 Å². The van der Waals surface area contributed by atoms with E-state index in [2.05, 4.69) is 0 Å². The third kappa shape index (κ3) is 4.40. The molecular formula is C17H20O4Sn. The SMILES string of the molecule is COc1ccc([CH]([SnH2][O]C(C)=O)c2ccc(OC)cc2)cc1. The van der Waals surface area contributed by atoms with E-state index in [-0.39, 0.29) is 9.90 Å². The summed E-state index contributed by atoms with van der Waals surface area (Å²) in [5.74, 6) is 1.45. The molecule has 2 aromatic rings. The molecule has 22 heavy (non-hydrogen) atoms. The summed E-state index contributed by atoms with van der Waals surface area (Å²) in [5.41, 5.74) is 2.31. The van der Waals surface area contributed by atoms with E-state index in [0.717, 1.165) is 22.6 Å². The van der Waals surface area contributed by atoms with Gasteiger partial charge in [0.2, 0.25) is 0 Å². The second-order valence-corrected chi connectivity index (χ2v) is 9.01. The quantitative estimate of drug-likeness (QED) is 0.691. The van der Waals surface area contributed by atoms with Crippen molar-refractivity contribution < 1.29 is 17.3 Å². The van der Waals surface area contributed by atoms with Crippen molar-refractivity contribution in [2.24, 2.45) is 0 Å². The van der Waals surface area contributed by atoms with Gasteiger partial charge in [0.15, 0.2) is 0 Å². The van der Waals surface area contributed by atoms with Gasteiger partial charge in [-0.3, -0.25) is 0 Å². The van der Waals surface area contributed by atoms with Gasteiger partial charge in [0.05, 0.1) is 0 Å². The van der Waals surface area contributed by atoms with Crippen LogP contribution in [-0.4, -0.2) is 41.7 Å². The fraction of sp³-hybridized carbons (Fsp3) is 0.235. The number of methoxy groups -OCH3 is 2. The number of benzene rings is 2. The maximum atomic E-state index is 11.2. The number of hydrogen-bond donors (Lipinski definition) is 0. The van der Waals surface area contributed by atoms with Crippen LogP contribution >= 0.6 is 0 Å². The molecule has 0 aliphatic carbocycles. The zero-order valence-corrected chi connectivity index (χ0v) is 17.1. The first-order chi connectivity index (χ1) is 10.6. The first-order valence-electron chi connectivity index (χ1n) is 7.05. The van der Waals surface area contributed by atoms with E-state index in [1.807, 2.05) is 48.5 Å². The third-order valence-corrected chi connectivity index (χ3v) is 8.77. The summed E-state index contributed by atoms with van der Waals surface area (Å²) in [5, 5.41) is 0. The van der Waals surface area contributed by atoms with Crippen molar-refractivity contribution in [1.82, 2.24) is 0 Å². The molecule has 0 atom stereocenters. The van der Waals surface area contributed by atoms with Gasteiger partial charge in [-0.2, -0.15) is 0 Å². The van der Waals surface area contributed by atoms with Gasteiger partial charge in [-0.15, -0.1) is 0 Å². The predicted molar refractivity (Wildman–Crippen MR) is 88.1 cm³/mol. The molecule has 0 spiro atoms. The van der Waals surface area contributed by atoms with Crippen molar-refractivity contribution in [3.05, 3.63) is 59.7 Å². The second kappa shape index (κ2) is 8.08. The number of hydrogen-bond acceptors (Lipinski definition) is 4. The topological polar surface area (TPSA) is 44.8 Å². The van der Waals surface area contributed by atoms with Crippen molar-refractivity contribution in [2.45, 2.75) is 10.9 Å². The summed E-state index contributed by atoms with van der Waals surface area (Å²) in [7, 11) is 3.29. The summed E-state index contributed by atoms with van der Waals surface area (Å²) in [6.07, 6.45) is 0. The van der Waals surface area contributed by atoms with Gasteiger partial charge >= 0.3 is 141 Å². The average molecular weight is 407 g/mol. The molecule has 0 amide bonds. The maximum absolute atomic E-state index is 11.2. The molecular weight excluding hydrogens is 387 g/mol. The van der Waals surface area contributed by atoms with Crippen molar-refractivity contribution in [3.63, 3.8) is 0 Å². The van der Waals surface area contributed by atoms with Crippen LogP contribution in [0.2, 0.25) is 0 Å². The number of carbonyl (C=O) groups is 1. The van der Waals surface area contributed by atoms with Crippen LogP contribution in [0.4, 0.5) is 0 Å². The average Bonchev–Trinajstić information content (AvgIpc) is 2.56. The molecule has 116 valence electrons. The van der Waals surface area contributed by atoms with E-state index in [0.29, 0.717) is 0 Å². The third-order valence-electron chi connectivity index (χ3n) is 3.49. The van der Waals surface area contributed by atoms with E-state index in [4.69, 9.17) is 12.5 Å². The van der Waals surface area contributed by atoms with Crippen LogP contribution < -0.4 is 9.47 Å². The Morgan fingerprint density at radius 2 is 1.27 bits per heavy atom. The van der Waals surface area contributed by atoms with Crippen LogP contribution in [0.5, 0.6) is 11.5 Å². The summed E-state index contributed by atoms with van der Waals surface area (Å²) in [4.78, 5) is 11.2. The van der Waals surface area contributed by atoms with E-state index in [1.165, 1.54) is 6.92 Å². The Kier molecular flexibility index (Phi) is 6.12. The van der Waals surface area contributed by atoms with Gasteiger partial charge in [0, 0.05) is 0 Å². The molecule has 4 nitrogen and oxygen atoms in total. The molecule has 0 fully saturated rings. The Morgan fingerprint density at radius 3 is 1.59 bits per heavy atom. The summed E-state index contributed by atoms with van der Waals surface area (Å²) in [6.45, 7) is 1.47. The molecule has 0 unspecified atom stereocenters. The van der Waals surface area contributed by atoms with Crippen molar-refractivity contribution in [1.29, 1.82) is 0 Å². The van der Waals surface area contributed by atoms with E-state index >= 15 is 0 Å². The number of ether oxygens (including phenoxy) is 2. The molecule has 0 saturated heterocycles. The zero-order valence-electron chi connectivity index (χ0n) is 13.0. The molecule has 5 heteroatoms. The molecule has 2 rings (SSSR count). The number of rotatable bonds is 6. The fourth-order valence-electron chi connectivity index (χ4n) is 2.26. The Labute approximate surface area is 141 Å². The van der Waals surface area contributed by atoms with Crippen molar-refractivity contribution in [2.75, 3.05) is 14.2 Å². The monoisotopic (exact) mass is 408 g/mol. The van der Waals surface area contributed by atoms with Gasteiger partial charge in [0.1, 0.15) is 0 Å². The Bertz CT molecular complexity index is 560. The molecule has 0 N–H and O–H groups in total. The van der Waals surface area contributed by atoms with Gasteiger partial charge < -0.3 is 0 Å². The summed E-state index contributed by atoms with van der Waals surface area (Å²) in [6, 6.07) is 15.9. The number of carbonyl (C=O) groups excluding carboxylic acids is 1. The molecule has 0 heterocycles. The van der Waals surface area contributed by atoms with Crippen molar-refractivity contribution in [3.8, 4) is 11.5 Å².